The fraction of sp³-hybridized carbons (Fsp3) is 0.652. The number of thiazole rings is 2. The second kappa shape index (κ2) is 17.6. The van der Waals surface area contributed by atoms with E-state index in [0.717, 1.165) is 88.3 Å². The summed E-state index contributed by atoms with van der Waals surface area (Å²) < 4.78 is 4.67. The smallest absolute Gasteiger partial charge is 0.870 e. The number of methoxy groups -OCH3 is 1. The topological polar surface area (TPSA) is 132 Å². The molecule has 0 aliphatic carbocycles. The molecule has 0 radical (unpaired) electrons. The van der Waals surface area contributed by atoms with Gasteiger partial charge in [0, 0.05) is 78.3 Å². The Balaban J connectivity index is 0.000000351. The molecule has 0 saturated carbocycles. The summed E-state index contributed by atoms with van der Waals surface area (Å²) in [6, 6.07) is 0. The third-order valence-electron chi connectivity index (χ3n) is 6.18. The first-order chi connectivity index (χ1) is 16.8. The Bertz CT molecular complexity index is 946. The summed E-state index contributed by atoms with van der Waals surface area (Å²) in [6.45, 7) is 10.9. The van der Waals surface area contributed by atoms with Crippen molar-refractivity contribution in [3.63, 3.8) is 0 Å². The van der Waals surface area contributed by atoms with Crippen molar-refractivity contribution in [1.29, 1.82) is 0 Å². The van der Waals surface area contributed by atoms with Gasteiger partial charge in [-0.3, -0.25) is 0 Å². The van der Waals surface area contributed by atoms with Crippen molar-refractivity contribution in [1.82, 2.24) is 29.6 Å². The molecule has 0 aromatic carbocycles. The summed E-state index contributed by atoms with van der Waals surface area (Å²) in [4.78, 5) is 40.8. The van der Waals surface area contributed by atoms with Gasteiger partial charge in [0.15, 0.2) is 0 Å². The predicted molar refractivity (Wildman–Crippen MR) is 140 cm³/mol. The molecular weight excluding hydrogens is 527 g/mol. The molecule has 2 aromatic heterocycles. The first-order valence-electron chi connectivity index (χ1n) is 11.9. The van der Waals surface area contributed by atoms with Gasteiger partial charge in [0.1, 0.15) is 9.75 Å². The maximum absolute atomic E-state index is 11.3. The third kappa shape index (κ3) is 11.7. The fourth-order valence-corrected chi connectivity index (χ4v) is 5.37. The first-order valence-corrected chi connectivity index (χ1v) is 13.5. The van der Waals surface area contributed by atoms with Crippen LogP contribution < -0.4 is 29.6 Å². The maximum atomic E-state index is 11.3. The van der Waals surface area contributed by atoms with Crippen LogP contribution in [0.3, 0.4) is 0 Å². The standard InChI is InChI=1S/C12H19N3O2S.C11H17N3O2S.Na.H2O/c1-14-5-7-15(8-6-14)4-3-11-13-9-10(18-11)12(16)17-2;1-13-4-6-14(7-5-13)3-2-10-12-8-9(17-10)11(15)16;;/h9H,3-8H2,1-2H3;8H,2-7H2,1H3,(H,15,16);;1H2/q;;+1;/p-1. The summed E-state index contributed by atoms with van der Waals surface area (Å²) in [5.41, 5.74) is 0. The number of hydrogen-bond donors (Lipinski definition) is 1. The number of carbonyl (C=O) groups is 2. The van der Waals surface area contributed by atoms with E-state index in [0.29, 0.717) is 9.75 Å². The van der Waals surface area contributed by atoms with Gasteiger partial charge in [0.05, 0.1) is 29.5 Å². The van der Waals surface area contributed by atoms with Gasteiger partial charge in [-0.15, -0.1) is 22.7 Å². The molecule has 0 unspecified atom stereocenters. The molecule has 37 heavy (non-hydrogen) atoms. The van der Waals surface area contributed by atoms with E-state index in [1.165, 1.54) is 36.0 Å². The van der Waals surface area contributed by atoms with Crippen LogP contribution in [-0.4, -0.2) is 139 Å². The van der Waals surface area contributed by atoms with E-state index in [9.17, 15) is 9.59 Å². The molecule has 2 aromatic rings. The Morgan fingerprint density at radius 1 is 0.838 bits per heavy atom. The molecule has 202 valence electrons. The van der Waals surface area contributed by atoms with Crippen LogP contribution in [0.2, 0.25) is 0 Å². The Morgan fingerprint density at radius 2 is 1.24 bits per heavy atom. The Hall–Kier alpha value is -1.00. The van der Waals surface area contributed by atoms with E-state index in [1.807, 2.05) is 0 Å². The van der Waals surface area contributed by atoms with Crippen LogP contribution >= 0.6 is 22.7 Å². The number of aromatic carboxylic acids is 1. The number of piperazine rings is 2. The molecule has 2 N–H and O–H groups in total. The normalized spacial score (nSPS) is 17.2. The fourth-order valence-electron chi connectivity index (χ4n) is 3.80. The third-order valence-corrected chi connectivity index (χ3v) is 8.26. The van der Waals surface area contributed by atoms with Crippen LogP contribution in [0.4, 0.5) is 0 Å². The van der Waals surface area contributed by atoms with Crippen molar-refractivity contribution in [2.75, 3.05) is 86.7 Å². The summed E-state index contributed by atoms with van der Waals surface area (Å²) in [5, 5.41) is 10.7. The Morgan fingerprint density at radius 3 is 1.62 bits per heavy atom. The summed E-state index contributed by atoms with van der Waals surface area (Å²) in [6.07, 6.45) is 4.81. The van der Waals surface area contributed by atoms with Crippen molar-refractivity contribution in [3.8, 4) is 0 Å². The van der Waals surface area contributed by atoms with Crippen molar-refractivity contribution in [2.45, 2.75) is 12.8 Å². The minimum absolute atomic E-state index is 0. The number of esters is 1. The molecule has 4 rings (SSSR count). The first kappa shape index (κ1) is 34.0. The van der Waals surface area contributed by atoms with Crippen molar-refractivity contribution < 1.29 is 54.5 Å². The van der Waals surface area contributed by atoms with E-state index in [-0.39, 0.29) is 41.0 Å². The van der Waals surface area contributed by atoms with Crippen LogP contribution in [0.15, 0.2) is 12.4 Å². The van der Waals surface area contributed by atoms with Gasteiger partial charge in [-0.1, -0.05) is 0 Å². The molecule has 11 nitrogen and oxygen atoms in total. The molecular formula is C23H37N6NaO5S2. The molecule has 0 amide bonds. The minimum atomic E-state index is -0.881. The Kier molecular flexibility index (Phi) is 16.2. The number of hydrogen-bond acceptors (Lipinski definition) is 12. The SMILES string of the molecule is CN1CCN(CCc2ncc(C(=O)O)s2)CC1.COC(=O)c1cnc(CCN2CCN(C)CC2)s1.[Na+].[OH-]. The van der Waals surface area contributed by atoms with Gasteiger partial charge < -0.3 is 34.9 Å². The number of aromatic nitrogens is 2. The molecule has 2 aliphatic rings. The second-order valence-corrected chi connectivity index (χ2v) is 11.1. The number of nitrogens with zero attached hydrogens (tertiary/aromatic N) is 6. The van der Waals surface area contributed by atoms with Crippen LogP contribution in [0.1, 0.15) is 29.4 Å². The van der Waals surface area contributed by atoms with E-state index in [2.05, 4.69) is 48.4 Å². The molecule has 0 atom stereocenters. The van der Waals surface area contributed by atoms with Crippen molar-refractivity contribution in [3.05, 3.63) is 32.2 Å². The van der Waals surface area contributed by atoms with Crippen LogP contribution in [0.25, 0.3) is 0 Å². The van der Waals surface area contributed by atoms with Gasteiger partial charge in [0.2, 0.25) is 0 Å². The number of ether oxygens (including phenoxy) is 1. The van der Waals surface area contributed by atoms with Crippen LogP contribution in [0, 0.1) is 0 Å². The number of likely N-dealkylation sites (N-methyl/N-ethyl adjacent to an activating group) is 2. The number of carboxylic acid groups (broad SMARTS) is 1. The second-order valence-electron chi connectivity index (χ2n) is 8.82. The average molecular weight is 565 g/mol. The molecule has 0 spiro atoms. The van der Waals surface area contributed by atoms with Crippen molar-refractivity contribution >= 4 is 34.6 Å². The summed E-state index contributed by atoms with van der Waals surface area (Å²) in [7, 11) is 5.68. The van der Waals surface area contributed by atoms with Gasteiger partial charge in [-0.05, 0) is 14.1 Å². The van der Waals surface area contributed by atoms with Crippen LogP contribution in [0.5, 0.6) is 0 Å². The van der Waals surface area contributed by atoms with Gasteiger partial charge in [0.25, 0.3) is 0 Å². The zero-order valence-corrected chi connectivity index (χ0v) is 25.9. The summed E-state index contributed by atoms with van der Waals surface area (Å²) in [5.74, 6) is -1.17. The van der Waals surface area contributed by atoms with E-state index in [1.54, 1.807) is 6.20 Å². The average Bonchev–Trinajstić information content (AvgIpc) is 3.53. The zero-order valence-electron chi connectivity index (χ0n) is 22.3. The molecule has 2 fully saturated rings. The minimum Gasteiger partial charge on any atom is -0.870 e. The van der Waals surface area contributed by atoms with Crippen molar-refractivity contribution in [2.24, 2.45) is 0 Å². The van der Waals surface area contributed by atoms with E-state index < -0.39 is 5.97 Å². The van der Waals surface area contributed by atoms with Crippen LogP contribution in [-0.2, 0) is 17.6 Å². The largest absolute Gasteiger partial charge is 1.00 e. The predicted octanol–water partition coefficient (Wildman–Crippen LogP) is -1.82. The molecule has 2 saturated heterocycles. The molecule has 0 bridgehead atoms. The van der Waals surface area contributed by atoms with E-state index >= 15 is 0 Å². The number of carboxylic acids is 1. The monoisotopic (exact) mass is 564 g/mol. The quantitative estimate of drug-likeness (QED) is 0.287. The molecule has 14 heteroatoms. The number of carbonyl (C=O) groups excluding carboxylic acids is 1. The molecule has 2 aliphatic heterocycles. The zero-order chi connectivity index (χ0) is 25.2. The number of rotatable bonds is 8. The van der Waals surface area contributed by atoms with Gasteiger partial charge in [-0.2, -0.15) is 0 Å². The van der Waals surface area contributed by atoms with E-state index in [4.69, 9.17) is 5.11 Å². The summed E-state index contributed by atoms with van der Waals surface area (Å²) >= 11 is 2.71. The molecule has 4 heterocycles. The van der Waals surface area contributed by atoms with Gasteiger partial charge >= 0.3 is 41.5 Å². The maximum Gasteiger partial charge on any atom is 1.00 e. The van der Waals surface area contributed by atoms with Gasteiger partial charge in [-0.25, -0.2) is 19.6 Å². The Labute approximate surface area is 249 Å².